The molecule has 3 rings (SSSR count). The Morgan fingerprint density at radius 1 is 0.488 bits per heavy atom. The monoisotopic (exact) mass is 568 g/mol. The van der Waals surface area contributed by atoms with E-state index in [1.165, 1.54) is 48.7 Å². The fourth-order valence-corrected chi connectivity index (χ4v) is 2.77. The minimum atomic E-state index is -1.13. The van der Waals surface area contributed by atoms with Gasteiger partial charge in [0, 0.05) is 0 Å². The van der Waals surface area contributed by atoms with Gasteiger partial charge >= 0.3 is 30.2 Å². The lowest BCUT2D eigenvalue weighted by Gasteiger charge is -1.96. The van der Waals surface area contributed by atoms with Crippen LogP contribution in [0.5, 0.6) is 0 Å². The number of rotatable bonds is 3. The summed E-state index contributed by atoms with van der Waals surface area (Å²) >= 11 is 0. The fraction of sp³-hybridized carbons (Fsp3) is 0.200. The van der Waals surface area contributed by atoms with Crippen LogP contribution in [0, 0.1) is 27.7 Å². The lowest BCUT2D eigenvalue weighted by atomic mass is 10.1. The molecule has 0 aliphatic carbocycles. The van der Waals surface area contributed by atoms with Gasteiger partial charge in [-0.05, 0) is 71.9 Å². The average Bonchev–Trinajstić information content (AvgIpc) is 2.85. The number of aryl methyl sites for hydroxylation is 4. The maximum Gasteiger partial charge on any atom is 0.373 e. The molecule has 0 saturated heterocycles. The van der Waals surface area contributed by atoms with E-state index in [0.717, 1.165) is 11.6 Å². The zero-order chi connectivity index (χ0) is 32.5. The first-order valence-electron chi connectivity index (χ1n) is 11.4. The van der Waals surface area contributed by atoms with Gasteiger partial charge in [-0.1, -0.05) is 58.7 Å². The molecule has 3 N–H and O–H groups in total. The van der Waals surface area contributed by atoms with Crippen LogP contribution in [0.2, 0.25) is 0 Å². The number of carbonyl (C=O) groups excluding carboxylic acids is 5. The van der Waals surface area contributed by atoms with Gasteiger partial charge in [0.1, 0.15) is 5.78 Å². The minimum Gasteiger partial charge on any atom is -0.478 e. The van der Waals surface area contributed by atoms with E-state index in [1.807, 2.05) is 13.0 Å². The van der Waals surface area contributed by atoms with Crippen molar-refractivity contribution < 1.29 is 53.7 Å². The Balaban J connectivity index is -0.000000458. The van der Waals surface area contributed by atoms with Crippen molar-refractivity contribution in [3.05, 3.63) is 106 Å². The predicted octanol–water partition coefficient (Wildman–Crippen LogP) is 4.82. The first-order chi connectivity index (χ1) is 19.0. The minimum absolute atomic E-state index is 0.0186. The summed E-state index contributed by atoms with van der Waals surface area (Å²) in [6.07, 6.45) is 0.500. The summed E-state index contributed by atoms with van der Waals surface area (Å²) < 4.78 is 0. The summed E-state index contributed by atoms with van der Waals surface area (Å²) in [5.41, 5.74) is 5.34. The summed E-state index contributed by atoms with van der Waals surface area (Å²) in [5.74, 6) is -2.96. The molecule has 0 aliphatic heterocycles. The Morgan fingerprint density at radius 3 is 0.951 bits per heavy atom. The Morgan fingerprint density at radius 2 is 0.732 bits per heavy atom. The van der Waals surface area contributed by atoms with Gasteiger partial charge in [-0.15, -0.1) is 0 Å². The molecule has 0 bridgehead atoms. The third kappa shape index (κ3) is 24.6. The van der Waals surface area contributed by atoms with Crippen LogP contribution < -0.4 is 0 Å². The lowest BCUT2D eigenvalue weighted by Crippen LogP contribution is -2.01. The second-order valence-corrected chi connectivity index (χ2v) is 8.11. The van der Waals surface area contributed by atoms with Crippen molar-refractivity contribution in [2.24, 2.45) is 0 Å². The molecule has 0 spiro atoms. The van der Waals surface area contributed by atoms with Gasteiger partial charge < -0.3 is 20.1 Å². The molecule has 0 unspecified atom stereocenters. The Kier molecular flexibility index (Phi) is 23.0. The van der Waals surface area contributed by atoms with Crippen LogP contribution in [-0.4, -0.2) is 51.3 Å². The topological polar surface area (TPSA) is 197 Å². The molecule has 0 saturated carbocycles. The van der Waals surface area contributed by atoms with Crippen molar-refractivity contribution in [3.63, 3.8) is 0 Å². The zero-order valence-electron chi connectivity index (χ0n) is 23.5. The van der Waals surface area contributed by atoms with Crippen LogP contribution in [0.1, 0.15) is 67.2 Å². The molecule has 0 fully saturated rings. The molecule has 11 heteroatoms. The van der Waals surface area contributed by atoms with E-state index in [0.29, 0.717) is 5.56 Å². The molecule has 0 aliphatic rings. The second-order valence-electron chi connectivity index (χ2n) is 8.11. The number of aromatic carboxylic acids is 3. The van der Waals surface area contributed by atoms with Gasteiger partial charge in [-0.25, -0.2) is 14.4 Å². The summed E-state index contributed by atoms with van der Waals surface area (Å²) in [7, 11) is 0. The summed E-state index contributed by atoms with van der Waals surface area (Å²) in [5, 5.41) is 25.5. The van der Waals surface area contributed by atoms with Crippen LogP contribution >= 0.6 is 0 Å². The van der Waals surface area contributed by atoms with Crippen molar-refractivity contribution in [3.8, 4) is 0 Å². The molecular formula is C30H32O11. The van der Waals surface area contributed by atoms with E-state index < -0.39 is 17.9 Å². The highest BCUT2D eigenvalue weighted by molar-refractivity contribution is 5.93. The number of ketones is 1. The maximum absolute atomic E-state index is 10.4. The second kappa shape index (κ2) is 23.6. The number of carbonyl (C=O) groups is 4. The van der Waals surface area contributed by atoms with E-state index in [4.69, 9.17) is 34.5 Å². The third-order valence-corrected chi connectivity index (χ3v) is 3.99. The number of carboxylic acid groups (broad SMARTS) is 3. The van der Waals surface area contributed by atoms with Crippen LogP contribution in [-0.2, 0) is 24.0 Å². The van der Waals surface area contributed by atoms with E-state index in [9.17, 15) is 19.2 Å². The van der Waals surface area contributed by atoms with E-state index in [1.54, 1.807) is 18.2 Å². The Bertz CT molecular complexity index is 1250. The molecule has 0 atom stereocenters. The third-order valence-electron chi connectivity index (χ3n) is 3.99. The van der Waals surface area contributed by atoms with Crippen LogP contribution in [0.25, 0.3) is 0 Å². The smallest absolute Gasteiger partial charge is 0.373 e. The number of benzene rings is 3. The molecule has 0 amide bonds. The number of hydrogen-bond acceptors (Lipinski definition) is 8. The van der Waals surface area contributed by atoms with E-state index >= 15 is 0 Å². The van der Waals surface area contributed by atoms with Gasteiger partial charge in [0.25, 0.3) is 0 Å². The van der Waals surface area contributed by atoms with Crippen LogP contribution in [0.15, 0.2) is 66.7 Å². The zero-order valence-corrected chi connectivity index (χ0v) is 23.5. The summed E-state index contributed by atoms with van der Waals surface area (Å²) in [6.45, 7) is 11.3. The summed E-state index contributed by atoms with van der Waals surface area (Å²) in [6, 6.07) is 18.6. The molecule has 218 valence electrons. The standard InChI is InChI=1S/C9H12.C8H6O4.C8H8O2.C3H6O.2CO2/c1-7-4-8(2)6-9(3)5-7;9-7(10)5-2-1-3-6(4-5)8(11)12;1-6-3-2-4-7(5-6)8(9)10;1-3(2)4;2*2-1-3/h4-6H,1-3H3;1-4H,(H,9,10)(H,11,12);2-5H,1H3,(H,9,10);1-2H3;;. The SMILES string of the molecule is CC(C)=O.Cc1cc(C)cc(C)c1.Cc1cccc(C(=O)O)c1.O=C(O)c1cccc(C(=O)O)c1.O=C=O.O=C=O. The lowest BCUT2D eigenvalue weighted by molar-refractivity contribution is -0.193. The molecule has 41 heavy (non-hydrogen) atoms. The van der Waals surface area contributed by atoms with Crippen molar-refractivity contribution in [2.75, 3.05) is 0 Å². The van der Waals surface area contributed by atoms with E-state index in [-0.39, 0.29) is 29.2 Å². The molecule has 3 aromatic rings. The first kappa shape index (κ1) is 40.0. The highest BCUT2D eigenvalue weighted by Gasteiger charge is 2.06. The number of Topliss-reactive ketones (excluding diaryl/α,β-unsaturated/α-hetero) is 1. The van der Waals surface area contributed by atoms with Crippen molar-refractivity contribution >= 4 is 36.0 Å². The van der Waals surface area contributed by atoms with Gasteiger partial charge in [-0.3, -0.25) is 0 Å². The highest BCUT2D eigenvalue weighted by Crippen LogP contribution is 2.06. The van der Waals surface area contributed by atoms with Crippen LogP contribution in [0.3, 0.4) is 0 Å². The van der Waals surface area contributed by atoms with Gasteiger partial charge in [0.2, 0.25) is 0 Å². The van der Waals surface area contributed by atoms with Gasteiger partial charge in [0.15, 0.2) is 0 Å². The van der Waals surface area contributed by atoms with Crippen molar-refractivity contribution in [1.29, 1.82) is 0 Å². The highest BCUT2D eigenvalue weighted by atomic mass is 16.4. The molecule has 3 aromatic carbocycles. The van der Waals surface area contributed by atoms with Crippen molar-refractivity contribution in [2.45, 2.75) is 41.5 Å². The molecule has 11 nitrogen and oxygen atoms in total. The molecule has 0 radical (unpaired) electrons. The predicted molar refractivity (Wildman–Crippen MR) is 146 cm³/mol. The van der Waals surface area contributed by atoms with Gasteiger partial charge in [0.05, 0.1) is 16.7 Å². The number of carboxylic acids is 3. The van der Waals surface area contributed by atoms with Crippen LogP contribution in [0.4, 0.5) is 0 Å². The maximum atomic E-state index is 10.4. The normalized spacial score (nSPS) is 8.15. The average molecular weight is 569 g/mol. The van der Waals surface area contributed by atoms with E-state index in [2.05, 4.69) is 39.0 Å². The number of hydrogen-bond donors (Lipinski definition) is 3. The fourth-order valence-electron chi connectivity index (χ4n) is 2.77. The Hall–Kier alpha value is -5.50. The quantitative estimate of drug-likeness (QED) is 0.391. The molecule has 0 heterocycles. The van der Waals surface area contributed by atoms with Gasteiger partial charge in [-0.2, -0.15) is 19.2 Å². The molecule has 0 aromatic heterocycles. The largest absolute Gasteiger partial charge is 0.478 e. The van der Waals surface area contributed by atoms with Crippen molar-refractivity contribution in [1.82, 2.24) is 0 Å². The first-order valence-corrected chi connectivity index (χ1v) is 11.4. The molecular weight excluding hydrogens is 536 g/mol. The Labute approximate surface area is 237 Å². The summed E-state index contributed by atoms with van der Waals surface area (Å²) in [4.78, 5) is 73.1.